The van der Waals surface area contributed by atoms with Gasteiger partial charge in [0.2, 0.25) is 5.91 Å². The fourth-order valence-electron chi connectivity index (χ4n) is 1.84. The summed E-state index contributed by atoms with van der Waals surface area (Å²) in [5, 5.41) is 2.59. The van der Waals surface area contributed by atoms with Crippen LogP contribution in [-0.4, -0.2) is 19.0 Å². The van der Waals surface area contributed by atoms with E-state index in [1.807, 2.05) is 0 Å². The van der Waals surface area contributed by atoms with Gasteiger partial charge in [-0.1, -0.05) is 24.3 Å². The minimum absolute atomic E-state index is 0.262. The molecule has 4 nitrogen and oxygen atoms in total. The van der Waals surface area contributed by atoms with Crippen LogP contribution in [0.1, 0.15) is 15.9 Å². The van der Waals surface area contributed by atoms with Crippen LogP contribution in [0.25, 0.3) is 6.08 Å². The molecule has 0 aliphatic carbocycles. The first-order valence-corrected chi connectivity index (χ1v) is 6.52. The predicted octanol–water partition coefficient (Wildman–Crippen LogP) is 3.26. The van der Waals surface area contributed by atoms with E-state index in [2.05, 4.69) is 10.1 Å². The highest BCUT2D eigenvalue weighted by atomic mass is 19.1. The Labute approximate surface area is 127 Å². The van der Waals surface area contributed by atoms with Gasteiger partial charge in [-0.05, 0) is 35.9 Å². The Morgan fingerprint density at radius 3 is 2.64 bits per heavy atom. The number of ether oxygens (including phenoxy) is 1. The van der Waals surface area contributed by atoms with Crippen LogP contribution in [0.4, 0.5) is 10.1 Å². The molecule has 2 rings (SSSR count). The van der Waals surface area contributed by atoms with Crippen LogP contribution in [0.5, 0.6) is 0 Å². The third-order valence-electron chi connectivity index (χ3n) is 2.87. The van der Waals surface area contributed by atoms with Crippen molar-refractivity contribution in [2.75, 3.05) is 12.4 Å². The molecule has 0 aliphatic heterocycles. The van der Waals surface area contributed by atoms with E-state index >= 15 is 0 Å². The molecular formula is C17H14FNO3. The molecule has 0 unspecified atom stereocenters. The molecule has 0 fully saturated rings. The van der Waals surface area contributed by atoms with E-state index in [0.717, 1.165) is 0 Å². The summed E-state index contributed by atoms with van der Waals surface area (Å²) < 4.78 is 17.7. The van der Waals surface area contributed by atoms with E-state index in [9.17, 15) is 14.0 Å². The summed E-state index contributed by atoms with van der Waals surface area (Å²) in [6.45, 7) is 0. The third-order valence-corrected chi connectivity index (χ3v) is 2.87. The van der Waals surface area contributed by atoms with Gasteiger partial charge in [0.1, 0.15) is 5.82 Å². The molecule has 112 valence electrons. The van der Waals surface area contributed by atoms with Gasteiger partial charge in [-0.2, -0.15) is 0 Å². The van der Waals surface area contributed by atoms with Crippen molar-refractivity contribution in [2.45, 2.75) is 0 Å². The maximum atomic E-state index is 13.0. The van der Waals surface area contributed by atoms with Crippen molar-refractivity contribution in [3.63, 3.8) is 0 Å². The average molecular weight is 299 g/mol. The van der Waals surface area contributed by atoms with Gasteiger partial charge in [-0.3, -0.25) is 4.79 Å². The molecule has 2 aromatic carbocycles. The number of hydrogen-bond donors (Lipinski definition) is 1. The van der Waals surface area contributed by atoms with Crippen molar-refractivity contribution >= 4 is 23.6 Å². The Morgan fingerprint density at radius 2 is 1.91 bits per heavy atom. The molecule has 0 aliphatic rings. The lowest BCUT2D eigenvalue weighted by molar-refractivity contribution is -0.111. The summed E-state index contributed by atoms with van der Waals surface area (Å²) in [5.41, 5.74) is 1.18. The molecular weight excluding hydrogens is 285 g/mol. The standard InChI is InChI=1S/C17H14FNO3/c1-22-17(21)14-7-2-3-8-15(14)19-16(20)10-9-12-5-4-6-13(18)11-12/h2-11H,1H3,(H,19,20)/b10-9+. The normalized spacial score (nSPS) is 10.5. The van der Waals surface area contributed by atoms with Gasteiger partial charge in [0.25, 0.3) is 0 Å². The highest BCUT2D eigenvalue weighted by molar-refractivity contribution is 6.06. The Morgan fingerprint density at radius 1 is 1.14 bits per heavy atom. The summed E-state index contributed by atoms with van der Waals surface area (Å²) in [5.74, 6) is -1.34. The SMILES string of the molecule is COC(=O)c1ccccc1NC(=O)/C=C/c1cccc(F)c1. The quantitative estimate of drug-likeness (QED) is 0.696. The Kier molecular flexibility index (Phi) is 5.03. The van der Waals surface area contributed by atoms with E-state index in [1.165, 1.54) is 31.4 Å². The average Bonchev–Trinajstić information content (AvgIpc) is 2.53. The Balaban J connectivity index is 2.11. The smallest absolute Gasteiger partial charge is 0.339 e. The number of nitrogens with one attached hydrogen (secondary N) is 1. The number of halogens is 1. The zero-order chi connectivity index (χ0) is 15.9. The van der Waals surface area contributed by atoms with Crippen LogP contribution in [0.2, 0.25) is 0 Å². The maximum absolute atomic E-state index is 13.0. The van der Waals surface area contributed by atoms with Gasteiger partial charge in [-0.25, -0.2) is 9.18 Å². The van der Waals surface area contributed by atoms with Crippen molar-refractivity contribution < 1.29 is 18.7 Å². The second-order valence-electron chi connectivity index (χ2n) is 4.41. The lowest BCUT2D eigenvalue weighted by Crippen LogP contribution is -2.12. The van der Waals surface area contributed by atoms with Crippen molar-refractivity contribution in [2.24, 2.45) is 0 Å². The van der Waals surface area contributed by atoms with Gasteiger partial charge in [0, 0.05) is 6.08 Å². The molecule has 0 spiro atoms. The molecule has 1 N–H and O–H groups in total. The summed E-state index contributed by atoms with van der Waals surface area (Å²) in [7, 11) is 1.27. The van der Waals surface area contributed by atoms with Crippen molar-refractivity contribution in [3.8, 4) is 0 Å². The van der Waals surface area contributed by atoms with Gasteiger partial charge >= 0.3 is 5.97 Å². The lowest BCUT2D eigenvalue weighted by Gasteiger charge is -2.07. The predicted molar refractivity (Wildman–Crippen MR) is 81.8 cm³/mol. The van der Waals surface area contributed by atoms with Crippen molar-refractivity contribution in [1.29, 1.82) is 0 Å². The second kappa shape index (κ2) is 7.17. The van der Waals surface area contributed by atoms with Gasteiger partial charge in [0.05, 0.1) is 18.4 Å². The van der Waals surface area contributed by atoms with Gasteiger partial charge < -0.3 is 10.1 Å². The Bertz CT molecular complexity index is 725. The highest BCUT2D eigenvalue weighted by Crippen LogP contribution is 2.16. The summed E-state index contributed by atoms with van der Waals surface area (Å²) in [6, 6.07) is 12.4. The van der Waals surface area contributed by atoms with Crippen LogP contribution in [-0.2, 0) is 9.53 Å². The number of anilines is 1. The molecule has 0 bridgehead atoms. The molecule has 0 atom stereocenters. The molecule has 0 saturated carbocycles. The largest absolute Gasteiger partial charge is 0.465 e. The van der Waals surface area contributed by atoms with E-state index in [1.54, 1.807) is 36.4 Å². The summed E-state index contributed by atoms with van der Waals surface area (Å²) in [6.07, 6.45) is 2.75. The summed E-state index contributed by atoms with van der Waals surface area (Å²) in [4.78, 5) is 23.5. The van der Waals surface area contributed by atoms with Crippen LogP contribution in [0.3, 0.4) is 0 Å². The number of benzene rings is 2. The first-order chi connectivity index (χ1) is 10.6. The fourth-order valence-corrected chi connectivity index (χ4v) is 1.84. The first kappa shape index (κ1) is 15.4. The number of para-hydroxylation sites is 1. The number of esters is 1. The number of amides is 1. The fraction of sp³-hybridized carbons (Fsp3) is 0.0588. The monoisotopic (exact) mass is 299 g/mol. The molecule has 1 amide bonds. The minimum atomic E-state index is -0.537. The van der Waals surface area contributed by atoms with Crippen LogP contribution in [0.15, 0.2) is 54.6 Å². The number of rotatable bonds is 4. The zero-order valence-corrected chi connectivity index (χ0v) is 11.9. The number of carbonyl (C=O) groups is 2. The molecule has 0 radical (unpaired) electrons. The van der Waals surface area contributed by atoms with E-state index < -0.39 is 11.9 Å². The molecule has 22 heavy (non-hydrogen) atoms. The van der Waals surface area contributed by atoms with Crippen molar-refractivity contribution in [1.82, 2.24) is 0 Å². The minimum Gasteiger partial charge on any atom is -0.465 e. The first-order valence-electron chi connectivity index (χ1n) is 6.52. The maximum Gasteiger partial charge on any atom is 0.339 e. The third kappa shape index (κ3) is 4.02. The van der Waals surface area contributed by atoms with Gasteiger partial charge in [-0.15, -0.1) is 0 Å². The van der Waals surface area contributed by atoms with Crippen LogP contribution < -0.4 is 5.32 Å². The van der Waals surface area contributed by atoms with E-state index in [0.29, 0.717) is 11.3 Å². The number of hydrogen-bond acceptors (Lipinski definition) is 3. The van der Waals surface area contributed by atoms with Crippen molar-refractivity contribution in [3.05, 3.63) is 71.6 Å². The Hall–Kier alpha value is -2.95. The highest BCUT2D eigenvalue weighted by Gasteiger charge is 2.11. The number of carbonyl (C=O) groups excluding carboxylic acids is 2. The second-order valence-corrected chi connectivity index (χ2v) is 4.41. The summed E-state index contributed by atoms with van der Waals surface area (Å²) >= 11 is 0. The molecule has 2 aromatic rings. The van der Waals surface area contributed by atoms with Crippen LogP contribution in [0, 0.1) is 5.82 Å². The topological polar surface area (TPSA) is 55.4 Å². The van der Waals surface area contributed by atoms with E-state index in [4.69, 9.17) is 0 Å². The van der Waals surface area contributed by atoms with E-state index in [-0.39, 0.29) is 11.4 Å². The molecule has 0 saturated heterocycles. The lowest BCUT2D eigenvalue weighted by atomic mass is 10.1. The molecule has 0 aromatic heterocycles. The van der Waals surface area contributed by atoms with Crippen LogP contribution >= 0.6 is 0 Å². The number of methoxy groups -OCH3 is 1. The molecule has 5 heteroatoms. The zero-order valence-electron chi connectivity index (χ0n) is 11.9. The molecule has 0 heterocycles. The van der Waals surface area contributed by atoms with Gasteiger partial charge in [0.15, 0.2) is 0 Å².